The molecule has 0 unspecified atom stereocenters. The minimum Gasteiger partial charge on any atom is -0.474 e. The van der Waals surface area contributed by atoms with Gasteiger partial charge in [-0.15, -0.1) is 0 Å². The van der Waals surface area contributed by atoms with Crippen LogP contribution < -0.4 is 15.0 Å². The lowest BCUT2D eigenvalue weighted by Gasteiger charge is -2.43. The van der Waals surface area contributed by atoms with E-state index in [1.165, 1.54) is 19.2 Å². The maximum atomic E-state index is 15.1. The minimum atomic E-state index is -1.15. The molecule has 0 bridgehead atoms. The summed E-state index contributed by atoms with van der Waals surface area (Å²) in [6, 6.07) is 4.31. The molecule has 0 aliphatic carbocycles. The van der Waals surface area contributed by atoms with Crippen LogP contribution in [0.2, 0.25) is 0 Å². The van der Waals surface area contributed by atoms with Gasteiger partial charge in [0.05, 0.1) is 6.04 Å². The van der Waals surface area contributed by atoms with Gasteiger partial charge in [-0.2, -0.15) is 0 Å². The molecule has 0 saturated carbocycles. The first-order valence-electron chi connectivity index (χ1n) is 10.6. The van der Waals surface area contributed by atoms with E-state index in [1.54, 1.807) is 23.2 Å². The van der Waals surface area contributed by atoms with Crippen molar-refractivity contribution >= 4 is 34.3 Å². The van der Waals surface area contributed by atoms with Crippen molar-refractivity contribution in [3.8, 4) is 17.0 Å². The normalized spacial score (nSPS) is 15.3. The summed E-state index contributed by atoms with van der Waals surface area (Å²) in [6.07, 6.45) is 1.89. The van der Waals surface area contributed by atoms with Crippen LogP contribution in [0.5, 0.6) is 5.88 Å². The Kier molecular flexibility index (Phi) is 4.99. The molecule has 2 amide bonds. The number of nitrogens with one attached hydrogen (secondary N) is 1. The molecule has 0 radical (unpaired) electrons. The Morgan fingerprint density at radius 2 is 1.97 bits per heavy atom. The smallest absolute Gasteiger partial charge is 0.413 e. The van der Waals surface area contributed by atoms with E-state index in [0.29, 0.717) is 54.0 Å². The van der Waals surface area contributed by atoms with Crippen molar-refractivity contribution in [3.63, 3.8) is 0 Å². The van der Waals surface area contributed by atoms with E-state index in [0.717, 1.165) is 16.2 Å². The second-order valence-electron chi connectivity index (χ2n) is 8.20. The van der Waals surface area contributed by atoms with E-state index in [2.05, 4.69) is 15.3 Å². The lowest BCUT2D eigenvalue weighted by atomic mass is 9.98. The minimum absolute atomic E-state index is 0.0999. The van der Waals surface area contributed by atoms with Gasteiger partial charge < -0.3 is 20.1 Å². The Morgan fingerprint density at radius 3 is 2.70 bits per heavy atom. The number of aromatic nitrogens is 2. The number of nitrogens with zero attached hydrogens (tertiary/aromatic N) is 4. The molecule has 2 aliphatic heterocycles. The molecular weight excluding hydrogens is 429 g/mol. The monoisotopic (exact) mass is 451 g/mol. The largest absolute Gasteiger partial charge is 0.474 e. The quantitative estimate of drug-likeness (QED) is 0.629. The molecule has 1 saturated heterocycles. The Balaban J connectivity index is 1.55. The van der Waals surface area contributed by atoms with Crippen molar-refractivity contribution in [2.75, 3.05) is 36.5 Å². The first kappa shape index (κ1) is 20.9. The van der Waals surface area contributed by atoms with Gasteiger partial charge in [-0.1, -0.05) is 0 Å². The van der Waals surface area contributed by atoms with Gasteiger partial charge >= 0.3 is 6.09 Å². The molecule has 33 heavy (non-hydrogen) atoms. The highest BCUT2D eigenvalue weighted by atomic mass is 19.1. The van der Waals surface area contributed by atoms with E-state index >= 15 is 4.39 Å². The summed E-state index contributed by atoms with van der Waals surface area (Å²) in [5, 5.41) is 14.2. The SMILES string of the molecule is CC(=O)N1CC(N(C(=O)O)c2cc3cc(-c4cnc5c(c4C)NCCO5)c(F)cc3cn2)C1. The molecule has 4 heterocycles. The van der Waals surface area contributed by atoms with Gasteiger partial charge in [-0.25, -0.2) is 19.2 Å². The highest BCUT2D eigenvalue weighted by Gasteiger charge is 2.37. The fraction of sp³-hybridized carbons (Fsp3) is 0.304. The third-order valence-corrected chi connectivity index (χ3v) is 6.16. The molecule has 0 atom stereocenters. The molecule has 170 valence electrons. The number of hydrogen-bond donors (Lipinski definition) is 2. The molecule has 2 aliphatic rings. The van der Waals surface area contributed by atoms with Gasteiger partial charge in [0, 0.05) is 55.5 Å². The molecule has 10 heteroatoms. The second kappa shape index (κ2) is 7.88. The zero-order chi connectivity index (χ0) is 23.3. The van der Waals surface area contributed by atoms with Gasteiger partial charge in [0.1, 0.15) is 23.9 Å². The zero-order valence-electron chi connectivity index (χ0n) is 18.1. The topological polar surface area (TPSA) is 108 Å². The number of rotatable bonds is 3. The van der Waals surface area contributed by atoms with Crippen LogP contribution in [0.1, 0.15) is 12.5 Å². The second-order valence-corrected chi connectivity index (χ2v) is 8.20. The average Bonchev–Trinajstić information content (AvgIpc) is 2.75. The summed E-state index contributed by atoms with van der Waals surface area (Å²) >= 11 is 0. The molecule has 1 fully saturated rings. The summed E-state index contributed by atoms with van der Waals surface area (Å²) < 4.78 is 20.6. The first-order chi connectivity index (χ1) is 15.8. The number of halogens is 1. The number of anilines is 2. The van der Waals surface area contributed by atoms with Crippen LogP contribution in [0.3, 0.4) is 0 Å². The summed E-state index contributed by atoms with van der Waals surface area (Å²) in [6.45, 7) is 5.11. The van der Waals surface area contributed by atoms with Gasteiger partial charge in [-0.05, 0) is 36.1 Å². The fourth-order valence-corrected chi connectivity index (χ4v) is 4.30. The van der Waals surface area contributed by atoms with Crippen LogP contribution in [0.4, 0.5) is 20.7 Å². The van der Waals surface area contributed by atoms with Crippen LogP contribution in [0.25, 0.3) is 21.9 Å². The molecule has 5 rings (SSSR count). The van der Waals surface area contributed by atoms with Crippen molar-refractivity contribution in [1.82, 2.24) is 14.9 Å². The summed E-state index contributed by atoms with van der Waals surface area (Å²) in [7, 11) is 0. The lowest BCUT2D eigenvalue weighted by Crippen LogP contribution is -2.62. The standard InChI is InChI=1S/C23H22FN5O4/c1-12-18(9-27-22-21(12)25-3-4-33-22)17-5-14-7-20(26-8-15(14)6-19(17)24)29(23(31)32)16-10-28(11-16)13(2)30/h5-9,16,25H,3-4,10-11H2,1-2H3,(H,31,32). The number of fused-ring (bicyclic) bond motifs is 2. The summed E-state index contributed by atoms with van der Waals surface area (Å²) in [5.74, 6) is 0.199. The predicted molar refractivity (Wildman–Crippen MR) is 120 cm³/mol. The maximum Gasteiger partial charge on any atom is 0.413 e. The van der Waals surface area contributed by atoms with Crippen LogP contribution in [0, 0.1) is 12.7 Å². The third-order valence-electron chi connectivity index (χ3n) is 6.16. The number of ether oxygens (including phenoxy) is 1. The van der Waals surface area contributed by atoms with Gasteiger partial charge in [-0.3, -0.25) is 9.69 Å². The number of likely N-dealkylation sites (tertiary alicyclic amines) is 1. The summed E-state index contributed by atoms with van der Waals surface area (Å²) in [5.41, 5.74) is 2.53. The third kappa shape index (κ3) is 3.57. The molecule has 0 spiro atoms. The molecule has 1 aromatic carbocycles. The molecular formula is C23H22FN5O4. The van der Waals surface area contributed by atoms with Gasteiger partial charge in [0.15, 0.2) is 0 Å². The molecule has 2 N–H and O–H groups in total. The number of hydrogen-bond acceptors (Lipinski definition) is 6. The first-order valence-corrected chi connectivity index (χ1v) is 10.6. The number of carboxylic acid groups (broad SMARTS) is 1. The number of pyridine rings is 2. The highest BCUT2D eigenvalue weighted by Crippen LogP contribution is 2.37. The van der Waals surface area contributed by atoms with Gasteiger partial charge in [0.25, 0.3) is 0 Å². The summed E-state index contributed by atoms with van der Waals surface area (Å²) in [4.78, 5) is 34.8. The van der Waals surface area contributed by atoms with Crippen molar-refractivity contribution in [1.29, 1.82) is 0 Å². The van der Waals surface area contributed by atoms with Crippen LogP contribution in [0.15, 0.2) is 30.6 Å². The van der Waals surface area contributed by atoms with E-state index in [9.17, 15) is 14.7 Å². The number of carbonyl (C=O) groups is 2. The number of carbonyl (C=O) groups excluding carboxylic acids is 1. The number of benzene rings is 1. The fourth-order valence-electron chi connectivity index (χ4n) is 4.30. The van der Waals surface area contributed by atoms with E-state index in [4.69, 9.17) is 4.74 Å². The molecule has 9 nitrogen and oxygen atoms in total. The van der Waals surface area contributed by atoms with E-state index < -0.39 is 11.9 Å². The van der Waals surface area contributed by atoms with Crippen LogP contribution in [-0.2, 0) is 4.79 Å². The molecule has 2 aromatic heterocycles. The van der Waals surface area contributed by atoms with Gasteiger partial charge in [0.2, 0.25) is 11.8 Å². The van der Waals surface area contributed by atoms with Crippen LogP contribution in [-0.4, -0.2) is 64.3 Å². The Labute approximate surface area is 188 Å². The van der Waals surface area contributed by atoms with Crippen molar-refractivity contribution in [2.24, 2.45) is 0 Å². The van der Waals surface area contributed by atoms with Crippen molar-refractivity contribution < 1.29 is 23.8 Å². The lowest BCUT2D eigenvalue weighted by molar-refractivity contribution is -0.133. The highest BCUT2D eigenvalue weighted by molar-refractivity contribution is 5.93. The van der Waals surface area contributed by atoms with E-state index in [1.807, 2.05) is 6.92 Å². The van der Waals surface area contributed by atoms with Crippen molar-refractivity contribution in [3.05, 3.63) is 42.0 Å². The number of amides is 2. The Morgan fingerprint density at radius 1 is 1.18 bits per heavy atom. The Bertz CT molecular complexity index is 1290. The predicted octanol–water partition coefficient (Wildman–Crippen LogP) is 3.26. The zero-order valence-corrected chi connectivity index (χ0v) is 18.1. The van der Waals surface area contributed by atoms with E-state index in [-0.39, 0.29) is 17.8 Å². The van der Waals surface area contributed by atoms with Crippen LogP contribution >= 0.6 is 0 Å². The van der Waals surface area contributed by atoms with Crippen molar-refractivity contribution in [2.45, 2.75) is 19.9 Å². The maximum absolute atomic E-state index is 15.1. The average molecular weight is 451 g/mol. The molecule has 3 aromatic rings. The Hall–Kier alpha value is -3.95.